The van der Waals surface area contributed by atoms with Gasteiger partial charge in [-0.2, -0.15) is 0 Å². The largest absolute Gasteiger partial charge is 2.00 e. The zero-order chi connectivity index (χ0) is 19.1. The molecule has 14 heteroatoms. The molecular formula is C12H28ClN8O4Zn+. The number of guanidine groups is 2. The molecule has 0 spiro atoms. The van der Waals surface area contributed by atoms with Crippen LogP contribution in [0.5, 0.6) is 0 Å². The van der Waals surface area contributed by atoms with Crippen LogP contribution in [0.2, 0.25) is 0 Å². The summed E-state index contributed by atoms with van der Waals surface area (Å²) >= 11 is 0. The molecule has 0 aliphatic heterocycles. The van der Waals surface area contributed by atoms with Crippen molar-refractivity contribution in [2.45, 2.75) is 37.8 Å². The number of nitrogens with two attached hydrogens (primary N) is 6. The van der Waals surface area contributed by atoms with E-state index in [9.17, 15) is 9.59 Å². The summed E-state index contributed by atoms with van der Waals surface area (Å²) < 4.78 is 0. The van der Waals surface area contributed by atoms with E-state index in [4.69, 9.17) is 44.6 Å². The summed E-state index contributed by atoms with van der Waals surface area (Å²) in [6.07, 6.45) is 1.91. The Morgan fingerprint density at radius 3 is 1.23 bits per heavy atom. The second-order valence-electron chi connectivity index (χ2n) is 4.79. The summed E-state index contributed by atoms with van der Waals surface area (Å²) in [6, 6.07) is -1.64. The second-order valence-corrected chi connectivity index (χ2v) is 4.79. The fraction of sp³-hybridized carbons (Fsp3) is 0.667. The van der Waals surface area contributed by atoms with Crippen molar-refractivity contribution in [1.82, 2.24) is 0 Å². The number of aliphatic imine (C=N–C) groups is 2. The molecule has 0 fully saturated rings. The maximum Gasteiger partial charge on any atom is 2.00 e. The summed E-state index contributed by atoms with van der Waals surface area (Å²) in [7, 11) is 0. The minimum absolute atomic E-state index is 0. The van der Waals surface area contributed by atoms with Gasteiger partial charge in [-0.3, -0.25) is 19.6 Å². The van der Waals surface area contributed by atoms with Gasteiger partial charge in [-0.05, 0) is 25.7 Å². The molecule has 148 valence electrons. The quantitative estimate of drug-likeness (QED) is 0.0677. The van der Waals surface area contributed by atoms with Crippen LogP contribution in [0.4, 0.5) is 0 Å². The fourth-order valence-corrected chi connectivity index (χ4v) is 1.29. The third-order valence-electron chi connectivity index (χ3n) is 2.57. The van der Waals surface area contributed by atoms with Gasteiger partial charge < -0.3 is 57.0 Å². The second kappa shape index (κ2) is 19.6. The third-order valence-corrected chi connectivity index (χ3v) is 2.57. The Kier molecular flexibility index (Phi) is 24.2. The summed E-state index contributed by atoms with van der Waals surface area (Å²) in [6.45, 7) is 0.840. The van der Waals surface area contributed by atoms with Gasteiger partial charge in [0.05, 0.1) is 0 Å². The van der Waals surface area contributed by atoms with Crippen LogP contribution in [0.25, 0.3) is 0 Å². The number of carboxylic acids is 2. The van der Waals surface area contributed by atoms with E-state index in [-0.39, 0.29) is 43.8 Å². The number of rotatable bonds is 10. The Labute approximate surface area is 171 Å². The van der Waals surface area contributed by atoms with Gasteiger partial charge >= 0.3 is 31.4 Å². The van der Waals surface area contributed by atoms with Crippen molar-refractivity contribution in [2.75, 3.05) is 13.1 Å². The van der Waals surface area contributed by atoms with Crippen molar-refractivity contribution in [1.29, 1.82) is 0 Å². The molecule has 0 aromatic rings. The standard InChI is InChI=1S/2C6H14N4O2.ClH.Zn/c2*7-4(5(11)12)2-1-3-10-6(8)9;;/h2*4H,1-3,7H2,(H,11,12)(H4,8,9,10);1H;/q;;;+2/p-1. The van der Waals surface area contributed by atoms with Crippen molar-refractivity contribution in [2.24, 2.45) is 44.4 Å². The maximum absolute atomic E-state index is 10.2. The normalized spacial score (nSPS) is 11.2. The molecule has 0 bridgehead atoms. The molecule has 0 saturated heterocycles. The molecule has 0 saturated carbocycles. The average Bonchev–Trinajstić information content (AvgIpc) is 2.47. The van der Waals surface area contributed by atoms with E-state index in [1.54, 1.807) is 0 Å². The molecule has 2 unspecified atom stereocenters. The maximum atomic E-state index is 10.2. The minimum Gasteiger partial charge on any atom is -1.00 e. The van der Waals surface area contributed by atoms with Crippen LogP contribution in [-0.4, -0.2) is 59.2 Å². The molecule has 26 heavy (non-hydrogen) atoms. The van der Waals surface area contributed by atoms with Crippen LogP contribution in [0.15, 0.2) is 9.98 Å². The predicted octanol–water partition coefficient (Wildman–Crippen LogP) is -6.09. The molecule has 14 N–H and O–H groups in total. The number of hydrogen-bond donors (Lipinski definition) is 8. The molecular weight excluding hydrogens is 421 g/mol. The van der Waals surface area contributed by atoms with Crippen LogP contribution in [0, 0.1) is 0 Å². The van der Waals surface area contributed by atoms with Gasteiger partial charge in [0.25, 0.3) is 0 Å². The monoisotopic (exact) mass is 447 g/mol. The van der Waals surface area contributed by atoms with E-state index in [0.717, 1.165) is 0 Å². The molecule has 0 amide bonds. The number of nitrogens with zero attached hydrogens (tertiary/aromatic N) is 2. The molecule has 0 radical (unpaired) electrons. The average molecular weight is 449 g/mol. The van der Waals surface area contributed by atoms with Crippen LogP contribution in [0.3, 0.4) is 0 Å². The van der Waals surface area contributed by atoms with E-state index in [2.05, 4.69) is 9.98 Å². The molecule has 0 aromatic heterocycles. The van der Waals surface area contributed by atoms with E-state index in [1.165, 1.54) is 0 Å². The van der Waals surface area contributed by atoms with E-state index < -0.39 is 24.0 Å². The third kappa shape index (κ3) is 24.6. The Morgan fingerprint density at radius 1 is 0.769 bits per heavy atom. The van der Waals surface area contributed by atoms with Gasteiger partial charge in [0.15, 0.2) is 11.9 Å². The Balaban J connectivity index is -0.000000173. The molecule has 0 aromatic carbocycles. The first-order valence-corrected chi connectivity index (χ1v) is 7.15. The van der Waals surface area contributed by atoms with Gasteiger partial charge in [-0.1, -0.05) is 0 Å². The van der Waals surface area contributed by atoms with Gasteiger partial charge in [-0.15, -0.1) is 0 Å². The summed E-state index contributed by atoms with van der Waals surface area (Å²) in [5.41, 5.74) is 30.6. The molecule has 2 atom stereocenters. The van der Waals surface area contributed by atoms with Crippen molar-refractivity contribution >= 4 is 23.9 Å². The molecule has 0 heterocycles. The Morgan fingerprint density at radius 2 is 1.04 bits per heavy atom. The SMILES string of the molecule is NC(N)=NCCCC(N)C(=O)O.NC(N)=NCCCC(N)C(=O)O.[Cl-].[Zn+2]. The molecule has 0 aliphatic carbocycles. The Bertz CT molecular complexity index is 405. The van der Waals surface area contributed by atoms with Gasteiger partial charge in [0.1, 0.15) is 12.1 Å². The molecule has 0 aliphatic rings. The van der Waals surface area contributed by atoms with Gasteiger partial charge in [0, 0.05) is 13.1 Å². The first-order chi connectivity index (χ1) is 11.1. The van der Waals surface area contributed by atoms with Crippen LogP contribution < -0.4 is 46.8 Å². The molecule has 12 nitrogen and oxygen atoms in total. The van der Waals surface area contributed by atoms with Gasteiger partial charge in [0.2, 0.25) is 0 Å². The minimum atomic E-state index is -1.00. The van der Waals surface area contributed by atoms with Crippen LogP contribution in [0.1, 0.15) is 25.7 Å². The number of hydrogen-bond acceptors (Lipinski definition) is 6. The topological polar surface area (TPSA) is 255 Å². The predicted molar refractivity (Wildman–Crippen MR) is 91.0 cm³/mol. The summed E-state index contributed by atoms with van der Waals surface area (Å²) in [5, 5.41) is 16.8. The van der Waals surface area contributed by atoms with Crippen LogP contribution >= 0.6 is 0 Å². The first kappa shape index (κ1) is 32.0. The molecule has 0 rings (SSSR count). The van der Waals surface area contributed by atoms with E-state index >= 15 is 0 Å². The Hall–Kier alpha value is -1.69. The van der Waals surface area contributed by atoms with Crippen molar-refractivity contribution in [3.05, 3.63) is 0 Å². The number of aliphatic carboxylic acids is 2. The summed E-state index contributed by atoms with van der Waals surface area (Å²) in [4.78, 5) is 27.8. The smallest absolute Gasteiger partial charge is 1.00 e. The van der Waals surface area contributed by atoms with Crippen molar-refractivity contribution in [3.63, 3.8) is 0 Å². The van der Waals surface area contributed by atoms with Crippen molar-refractivity contribution in [3.8, 4) is 0 Å². The zero-order valence-corrected chi connectivity index (χ0v) is 18.3. The zero-order valence-electron chi connectivity index (χ0n) is 14.6. The fourth-order valence-electron chi connectivity index (χ4n) is 1.29. The van der Waals surface area contributed by atoms with E-state index in [1.807, 2.05) is 0 Å². The van der Waals surface area contributed by atoms with Crippen LogP contribution in [-0.2, 0) is 29.1 Å². The van der Waals surface area contributed by atoms with Gasteiger partial charge in [-0.25, -0.2) is 0 Å². The number of carbonyl (C=O) groups is 2. The van der Waals surface area contributed by atoms with Crippen molar-refractivity contribution < 1.29 is 51.7 Å². The number of carboxylic acid groups (broad SMARTS) is 2. The first-order valence-electron chi connectivity index (χ1n) is 7.15. The number of halogens is 1. The summed E-state index contributed by atoms with van der Waals surface area (Å²) in [5.74, 6) is -1.97. The van der Waals surface area contributed by atoms with E-state index in [0.29, 0.717) is 38.8 Å².